The molecule has 4 nitrogen and oxygen atoms in total. The highest BCUT2D eigenvalue weighted by atomic mass is 16.2. The van der Waals surface area contributed by atoms with Crippen LogP contribution < -0.4 is 5.32 Å². The minimum absolute atomic E-state index is 0.132. The highest BCUT2D eigenvalue weighted by Gasteiger charge is 2.30. The predicted octanol–water partition coefficient (Wildman–Crippen LogP) is 2.84. The van der Waals surface area contributed by atoms with Gasteiger partial charge < -0.3 is 10.2 Å². The number of hydrogen-bond donors (Lipinski definition) is 1. The number of nitrogens with zero attached hydrogens (tertiary/aromatic N) is 2. The number of piperidine rings is 1. The first kappa shape index (κ1) is 14.6. The summed E-state index contributed by atoms with van der Waals surface area (Å²) in [6.07, 6.45) is 6.58. The molecular weight excluding hydrogens is 286 g/mol. The van der Waals surface area contributed by atoms with E-state index in [0.29, 0.717) is 6.04 Å². The van der Waals surface area contributed by atoms with Gasteiger partial charge in [0.25, 0.3) is 5.91 Å². The molecule has 0 spiro atoms. The SMILES string of the molecule is O=C(c1cccc2cccnc12)N1CCC(C2CCCN2)CC1. The molecule has 2 aliphatic rings. The molecule has 0 saturated carbocycles. The molecule has 2 aliphatic heterocycles. The molecule has 4 heteroatoms. The fourth-order valence-electron chi connectivity index (χ4n) is 4.07. The van der Waals surface area contributed by atoms with Crippen LogP contribution in [0.25, 0.3) is 10.9 Å². The Morgan fingerprint density at radius 2 is 1.96 bits per heavy atom. The van der Waals surface area contributed by atoms with Crippen LogP contribution in [0, 0.1) is 5.92 Å². The first-order valence-corrected chi connectivity index (χ1v) is 8.69. The van der Waals surface area contributed by atoms with Gasteiger partial charge in [-0.1, -0.05) is 18.2 Å². The first-order valence-electron chi connectivity index (χ1n) is 8.69. The average Bonchev–Trinajstić information content (AvgIpc) is 3.15. The number of nitrogens with one attached hydrogen (secondary N) is 1. The number of benzene rings is 1. The lowest BCUT2D eigenvalue weighted by Crippen LogP contribution is -2.43. The van der Waals surface area contributed by atoms with E-state index in [0.717, 1.165) is 54.9 Å². The lowest BCUT2D eigenvalue weighted by molar-refractivity contribution is 0.0676. The molecule has 2 aromatic rings. The number of likely N-dealkylation sites (tertiary alicyclic amines) is 1. The molecule has 0 bridgehead atoms. The molecule has 2 saturated heterocycles. The van der Waals surface area contributed by atoms with Crippen LogP contribution in [-0.4, -0.2) is 41.5 Å². The Kier molecular flexibility index (Phi) is 4.00. The number of fused-ring (bicyclic) bond motifs is 1. The highest BCUT2D eigenvalue weighted by molar-refractivity contribution is 6.05. The van der Waals surface area contributed by atoms with Crippen molar-refractivity contribution in [3.63, 3.8) is 0 Å². The van der Waals surface area contributed by atoms with Crippen molar-refractivity contribution in [1.29, 1.82) is 0 Å². The Morgan fingerprint density at radius 3 is 2.74 bits per heavy atom. The van der Waals surface area contributed by atoms with Crippen LogP contribution in [0.4, 0.5) is 0 Å². The van der Waals surface area contributed by atoms with Crippen molar-refractivity contribution in [3.8, 4) is 0 Å². The Morgan fingerprint density at radius 1 is 1.13 bits per heavy atom. The number of para-hydroxylation sites is 1. The number of rotatable bonds is 2. The second-order valence-electron chi connectivity index (χ2n) is 6.71. The second-order valence-corrected chi connectivity index (χ2v) is 6.71. The normalized spacial score (nSPS) is 22.6. The van der Waals surface area contributed by atoms with E-state index in [4.69, 9.17) is 0 Å². The number of pyridine rings is 1. The number of amides is 1. The maximum Gasteiger partial charge on any atom is 0.256 e. The van der Waals surface area contributed by atoms with Crippen molar-refractivity contribution in [2.75, 3.05) is 19.6 Å². The van der Waals surface area contributed by atoms with E-state index >= 15 is 0 Å². The summed E-state index contributed by atoms with van der Waals surface area (Å²) in [4.78, 5) is 19.3. The lowest BCUT2D eigenvalue weighted by Gasteiger charge is -2.35. The zero-order valence-corrected chi connectivity index (χ0v) is 13.4. The monoisotopic (exact) mass is 309 g/mol. The third-order valence-electron chi connectivity index (χ3n) is 5.36. The van der Waals surface area contributed by atoms with Crippen molar-refractivity contribution in [2.45, 2.75) is 31.7 Å². The molecule has 1 aromatic heterocycles. The van der Waals surface area contributed by atoms with E-state index < -0.39 is 0 Å². The van der Waals surface area contributed by atoms with Gasteiger partial charge in [-0.2, -0.15) is 0 Å². The van der Waals surface area contributed by atoms with Crippen molar-refractivity contribution in [1.82, 2.24) is 15.2 Å². The number of aromatic nitrogens is 1. The number of carbonyl (C=O) groups excluding carboxylic acids is 1. The molecule has 2 fully saturated rings. The minimum atomic E-state index is 0.132. The molecule has 0 radical (unpaired) electrons. The van der Waals surface area contributed by atoms with Crippen LogP contribution in [0.5, 0.6) is 0 Å². The summed E-state index contributed by atoms with van der Waals surface area (Å²) in [6, 6.07) is 10.5. The van der Waals surface area contributed by atoms with E-state index in [1.165, 1.54) is 12.8 Å². The molecule has 23 heavy (non-hydrogen) atoms. The zero-order valence-electron chi connectivity index (χ0n) is 13.4. The van der Waals surface area contributed by atoms with Gasteiger partial charge in [-0.3, -0.25) is 9.78 Å². The van der Waals surface area contributed by atoms with Crippen LogP contribution in [0.2, 0.25) is 0 Å². The maximum atomic E-state index is 12.9. The summed E-state index contributed by atoms with van der Waals surface area (Å²) in [5, 5.41) is 4.64. The predicted molar refractivity (Wildman–Crippen MR) is 91.4 cm³/mol. The van der Waals surface area contributed by atoms with Gasteiger partial charge in [0.2, 0.25) is 0 Å². The van der Waals surface area contributed by atoms with Gasteiger partial charge >= 0.3 is 0 Å². The average molecular weight is 309 g/mol. The molecule has 1 aromatic carbocycles. The van der Waals surface area contributed by atoms with E-state index in [1.807, 2.05) is 35.2 Å². The van der Waals surface area contributed by atoms with Crippen molar-refractivity contribution in [2.24, 2.45) is 5.92 Å². The van der Waals surface area contributed by atoms with Gasteiger partial charge in [-0.05, 0) is 50.3 Å². The van der Waals surface area contributed by atoms with E-state index in [-0.39, 0.29) is 5.91 Å². The first-order chi connectivity index (χ1) is 11.3. The second kappa shape index (κ2) is 6.28. The molecule has 4 rings (SSSR count). The van der Waals surface area contributed by atoms with Crippen molar-refractivity contribution in [3.05, 3.63) is 42.1 Å². The molecule has 1 N–H and O–H groups in total. The standard InChI is InChI=1S/C19H23N3O/c23-19(16-6-1-4-15-5-2-11-21-18(15)16)22-12-8-14(9-13-22)17-7-3-10-20-17/h1-2,4-6,11,14,17,20H,3,7-10,12-13H2. The smallest absolute Gasteiger partial charge is 0.256 e. The van der Waals surface area contributed by atoms with Gasteiger partial charge in [0.05, 0.1) is 11.1 Å². The maximum absolute atomic E-state index is 12.9. The van der Waals surface area contributed by atoms with Crippen LogP contribution in [0.15, 0.2) is 36.5 Å². The largest absolute Gasteiger partial charge is 0.339 e. The van der Waals surface area contributed by atoms with Gasteiger partial charge in [0, 0.05) is 30.7 Å². The number of hydrogen-bond acceptors (Lipinski definition) is 3. The topological polar surface area (TPSA) is 45.2 Å². The Labute approximate surface area is 136 Å². The van der Waals surface area contributed by atoms with Crippen LogP contribution in [-0.2, 0) is 0 Å². The quantitative estimate of drug-likeness (QED) is 0.928. The lowest BCUT2D eigenvalue weighted by atomic mass is 9.88. The van der Waals surface area contributed by atoms with Crippen molar-refractivity contribution >= 4 is 16.8 Å². The summed E-state index contributed by atoms with van der Waals surface area (Å²) in [5.74, 6) is 0.860. The summed E-state index contributed by atoms with van der Waals surface area (Å²) < 4.78 is 0. The van der Waals surface area contributed by atoms with E-state index in [9.17, 15) is 4.79 Å². The molecule has 3 heterocycles. The van der Waals surface area contributed by atoms with Crippen LogP contribution in [0.3, 0.4) is 0 Å². The molecule has 1 amide bonds. The van der Waals surface area contributed by atoms with Gasteiger partial charge in [-0.15, -0.1) is 0 Å². The van der Waals surface area contributed by atoms with E-state index in [2.05, 4.69) is 10.3 Å². The van der Waals surface area contributed by atoms with Gasteiger partial charge in [-0.25, -0.2) is 0 Å². The third-order valence-corrected chi connectivity index (χ3v) is 5.36. The van der Waals surface area contributed by atoms with E-state index in [1.54, 1.807) is 6.20 Å². The Bertz CT molecular complexity index is 695. The van der Waals surface area contributed by atoms with Crippen LogP contribution in [0.1, 0.15) is 36.0 Å². The fraction of sp³-hybridized carbons (Fsp3) is 0.474. The molecular formula is C19H23N3O. The Balaban J connectivity index is 1.49. The Hall–Kier alpha value is -1.94. The fourth-order valence-corrected chi connectivity index (χ4v) is 4.07. The third kappa shape index (κ3) is 2.83. The van der Waals surface area contributed by atoms with Gasteiger partial charge in [0.1, 0.15) is 0 Å². The highest BCUT2D eigenvalue weighted by Crippen LogP contribution is 2.27. The molecule has 120 valence electrons. The summed E-state index contributed by atoms with van der Waals surface area (Å²) >= 11 is 0. The molecule has 1 atom stereocenters. The molecule has 1 unspecified atom stereocenters. The number of carbonyl (C=O) groups is 1. The molecule has 0 aliphatic carbocycles. The van der Waals surface area contributed by atoms with Crippen molar-refractivity contribution < 1.29 is 4.79 Å². The summed E-state index contributed by atoms with van der Waals surface area (Å²) in [6.45, 7) is 2.89. The van der Waals surface area contributed by atoms with Gasteiger partial charge in [0.15, 0.2) is 0 Å². The summed E-state index contributed by atoms with van der Waals surface area (Å²) in [5.41, 5.74) is 1.56. The van der Waals surface area contributed by atoms with Crippen LogP contribution >= 0.6 is 0 Å². The minimum Gasteiger partial charge on any atom is -0.339 e. The summed E-state index contributed by atoms with van der Waals surface area (Å²) in [7, 11) is 0. The zero-order chi connectivity index (χ0) is 15.6.